The molecule has 0 aliphatic carbocycles. The van der Waals surface area contributed by atoms with Gasteiger partial charge in [0.1, 0.15) is 24.4 Å². The van der Waals surface area contributed by atoms with Crippen LogP contribution in [0.4, 0.5) is 21.0 Å². The number of nitrogens with zero attached hydrogens (tertiary/aromatic N) is 2. The maximum atomic E-state index is 13.4. The van der Waals surface area contributed by atoms with Gasteiger partial charge in [-0.1, -0.05) is 26.0 Å². The van der Waals surface area contributed by atoms with Gasteiger partial charge in [-0.3, -0.25) is 39.0 Å². The Bertz CT molecular complexity index is 1770. The summed E-state index contributed by atoms with van der Waals surface area (Å²) in [6.07, 6.45) is 1.72. The molecule has 2 atom stereocenters. The number of carbonyl (C=O) groups is 7. The number of hydrogen-bond acceptors (Lipinski definition) is 14. The summed E-state index contributed by atoms with van der Waals surface area (Å²) < 4.78 is 26.3. The van der Waals surface area contributed by atoms with Crippen molar-refractivity contribution in [2.24, 2.45) is 11.7 Å². The third-order valence-electron chi connectivity index (χ3n) is 8.27. The van der Waals surface area contributed by atoms with Crippen molar-refractivity contribution in [3.63, 3.8) is 0 Å². The predicted molar refractivity (Wildman–Crippen MR) is 207 cm³/mol. The number of nitrogens with one attached hydrogen (secondary N) is 4. The zero-order valence-corrected chi connectivity index (χ0v) is 32.7. The normalized spacial score (nSPS) is 13.1. The van der Waals surface area contributed by atoms with E-state index in [0.717, 1.165) is 4.90 Å². The lowest BCUT2D eigenvalue weighted by atomic mass is 10.0. The molecule has 7 amide bonds. The minimum absolute atomic E-state index is 0.0485. The number of rotatable bonds is 26. The van der Waals surface area contributed by atoms with E-state index in [1.807, 2.05) is 0 Å². The molecule has 0 spiro atoms. The van der Waals surface area contributed by atoms with Crippen molar-refractivity contribution in [1.29, 1.82) is 0 Å². The van der Waals surface area contributed by atoms with Gasteiger partial charge in [0.05, 0.1) is 51.1 Å². The lowest BCUT2D eigenvalue weighted by Crippen LogP contribution is -2.54. The summed E-state index contributed by atoms with van der Waals surface area (Å²) in [5.41, 5.74) is 5.88. The van der Waals surface area contributed by atoms with E-state index >= 15 is 0 Å². The number of benzene rings is 2. The Morgan fingerprint density at radius 3 is 2.02 bits per heavy atom. The first-order chi connectivity index (χ1) is 28.2. The average molecular weight is 828 g/mol. The number of nitro groups is 1. The highest BCUT2D eigenvalue weighted by atomic mass is 16.7. The van der Waals surface area contributed by atoms with Gasteiger partial charge in [0.2, 0.25) is 17.7 Å². The Morgan fingerprint density at radius 1 is 0.814 bits per heavy atom. The molecule has 0 unspecified atom stereocenters. The van der Waals surface area contributed by atoms with Crippen LogP contribution in [0, 0.1) is 16.0 Å². The third kappa shape index (κ3) is 17.7. The van der Waals surface area contributed by atoms with Crippen molar-refractivity contribution in [3.05, 3.63) is 76.4 Å². The van der Waals surface area contributed by atoms with E-state index in [1.165, 1.54) is 36.4 Å². The van der Waals surface area contributed by atoms with Crippen molar-refractivity contribution >= 4 is 53.1 Å². The fraction of sp³-hybridized carbons (Fsp3) is 0.447. The summed E-state index contributed by atoms with van der Waals surface area (Å²) in [6.45, 7) is 4.75. The molecule has 0 saturated heterocycles. The van der Waals surface area contributed by atoms with Crippen LogP contribution in [0.3, 0.4) is 0 Å². The Morgan fingerprint density at radius 2 is 1.42 bits per heavy atom. The molecule has 21 heteroatoms. The molecular weight excluding hydrogens is 778 g/mol. The molecule has 0 aromatic heterocycles. The highest BCUT2D eigenvalue weighted by Crippen LogP contribution is 2.18. The number of carbonyl (C=O) groups excluding carboxylic acids is 7. The highest BCUT2D eigenvalue weighted by molar-refractivity contribution is 6.12. The van der Waals surface area contributed by atoms with Crippen LogP contribution < -0.4 is 31.7 Å². The Labute approximate surface area is 339 Å². The van der Waals surface area contributed by atoms with Crippen LogP contribution >= 0.6 is 0 Å². The number of primary amides is 1. The third-order valence-corrected chi connectivity index (χ3v) is 8.27. The largest absolute Gasteiger partial charge is 0.514 e. The number of amides is 7. The standard InChI is InChI=1S/C38H49N7O14/c1-25(2)34(43-31(46)15-18-55-20-22-57-23-21-56-19-17-44-32(47)13-14-33(44)48)36(50)42-30(4-3-16-40-37(39)51)35(49)41-27-7-5-26(6-8-27)24-58-38(52)59-29-11-9-28(10-12-29)45(53)54/h5-14,25,30,34H,3-4,15-24H2,1-2H3,(H,41,49)(H,42,50)(H,43,46)(H3,39,40,51)/t30-,34-/m0/s1. The van der Waals surface area contributed by atoms with Gasteiger partial charge in [0.15, 0.2) is 0 Å². The maximum Gasteiger partial charge on any atom is 0.514 e. The lowest BCUT2D eigenvalue weighted by Gasteiger charge is -2.25. The van der Waals surface area contributed by atoms with Crippen LogP contribution in [0.25, 0.3) is 0 Å². The SMILES string of the molecule is CC(C)[C@H](NC(=O)CCOCCOCCOCCN1C(=O)C=CC1=O)C(=O)N[C@@H](CCCNC(N)=O)C(=O)Nc1ccc(COC(=O)Oc2ccc([N+](=O)[O-])cc2)cc1. The van der Waals surface area contributed by atoms with Gasteiger partial charge >= 0.3 is 12.2 Å². The number of non-ortho nitro benzene ring substituents is 1. The molecular formula is C38H49N7O14. The zero-order valence-electron chi connectivity index (χ0n) is 32.7. The van der Waals surface area contributed by atoms with Gasteiger partial charge in [0, 0.05) is 42.9 Å². The molecule has 0 radical (unpaired) electrons. The molecule has 1 aliphatic rings. The van der Waals surface area contributed by atoms with Crippen LogP contribution in [0.5, 0.6) is 5.75 Å². The smallest absolute Gasteiger partial charge is 0.429 e. The van der Waals surface area contributed by atoms with E-state index in [1.54, 1.807) is 38.1 Å². The topological polar surface area (TPSA) is 286 Å². The van der Waals surface area contributed by atoms with Gasteiger partial charge in [-0.2, -0.15) is 0 Å². The van der Waals surface area contributed by atoms with E-state index in [4.69, 9.17) is 29.4 Å². The van der Waals surface area contributed by atoms with E-state index in [2.05, 4.69) is 21.3 Å². The van der Waals surface area contributed by atoms with Gasteiger partial charge in [-0.25, -0.2) is 9.59 Å². The molecule has 2 aromatic carbocycles. The van der Waals surface area contributed by atoms with Crippen LogP contribution in [-0.4, -0.2) is 116 Å². The maximum absolute atomic E-state index is 13.4. The Hall–Kier alpha value is -6.45. The number of nitrogens with two attached hydrogens (primary N) is 1. The first-order valence-electron chi connectivity index (χ1n) is 18.6. The molecule has 59 heavy (non-hydrogen) atoms. The van der Waals surface area contributed by atoms with Crippen LogP contribution in [-0.2, 0) is 49.5 Å². The minimum atomic E-state index is -1.07. The highest BCUT2D eigenvalue weighted by Gasteiger charge is 2.29. The second-order valence-electron chi connectivity index (χ2n) is 13.1. The van der Waals surface area contributed by atoms with Crippen molar-refractivity contribution in [2.75, 3.05) is 58.0 Å². The molecule has 2 aromatic rings. The summed E-state index contributed by atoms with van der Waals surface area (Å²) in [5.74, 6) is -2.67. The first-order valence-corrected chi connectivity index (χ1v) is 18.6. The summed E-state index contributed by atoms with van der Waals surface area (Å²) in [5, 5.41) is 21.3. The van der Waals surface area contributed by atoms with Crippen LogP contribution in [0.2, 0.25) is 0 Å². The molecule has 0 bridgehead atoms. The number of urea groups is 1. The molecule has 6 N–H and O–H groups in total. The monoisotopic (exact) mass is 827 g/mol. The van der Waals surface area contributed by atoms with E-state index in [-0.39, 0.29) is 108 Å². The van der Waals surface area contributed by atoms with Gasteiger partial charge in [0.25, 0.3) is 17.5 Å². The van der Waals surface area contributed by atoms with Crippen molar-refractivity contribution in [2.45, 2.75) is 51.8 Å². The second-order valence-corrected chi connectivity index (χ2v) is 13.1. The second kappa shape index (κ2) is 25.0. The van der Waals surface area contributed by atoms with Gasteiger partial charge in [-0.05, 0) is 48.6 Å². The fourth-order valence-corrected chi connectivity index (χ4v) is 5.16. The van der Waals surface area contributed by atoms with Crippen molar-refractivity contribution < 1.29 is 62.2 Å². The van der Waals surface area contributed by atoms with Crippen molar-refractivity contribution in [1.82, 2.24) is 20.9 Å². The zero-order chi connectivity index (χ0) is 43.2. The van der Waals surface area contributed by atoms with E-state index in [0.29, 0.717) is 11.3 Å². The first kappa shape index (κ1) is 46.9. The number of hydrogen-bond donors (Lipinski definition) is 5. The van der Waals surface area contributed by atoms with E-state index < -0.39 is 46.9 Å². The van der Waals surface area contributed by atoms with E-state index in [9.17, 15) is 43.7 Å². The summed E-state index contributed by atoms with van der Waals surface area (Å²) >= 11 is 0. The fourth-order valence-electron chi connectivity index (χ4n) is 5.16. The quantitative estimate of drug-likeness (QED) is 0.0225. The minimum Gasteiger partial charge on any atom is -0.429 e. The molecule has 0 saturated carbocycles. The van der Waals surface area contributed by atoms with Crippen molar-refractivity contribution in [3.8, 4) is 5.75 Å². The van der Waals surface area contributed by atoms with Gasteiger partial charge in [-0.15, -0.1) is 0 Å². The molecule has 0 fully saturated rings. The lowest BCUT2D eigenvalue weighted by molar-refractivity contribution is -0.384. The molecule has 1 heterocycles. The number of ether oxygens (including phenoxy) is 5. The summed E-state index contributed by atoms with van der Waals surface area (Å²) in [7, 11) is 0. The Balaban J connectivity index is 1.41. The number of imide groups is 1. The summed E-state index contributed by atoms with van der Waals surface area (Å²) in [6, 6.07) is 8.35. The van der Waals surface area contributed by atoms with Crippen LogP contribution in [0.15, 0.2) is 60.7 Å². The average Bonchev–Trinajstić information content (AvgIpc) is 3.52. The molecule has 3 rings (SSSR count). The summed E-state index contributed by atoms with van der Waals surface area (Å²) in [4.78, 5) is 97.1. The predicted octanol–water partition coefficient (Wildman–Crippen LogP) is 1.69. The number of nitro benzene ring substituents is 1. The molecule has 320 valence electrons. The van der Waals surface area contributed by atoms with Gasteiger partial charge < -0.3 is 50.7 Å². The van der Waals surface area contributed by atoms with Crippen LogP contribution in [0.1, 0.15) is 38.7 Å². The molecule has 21 nitrogen and oxygen atoms in total. The number of anilines is 1. The Kier molecular flexibility index (Phi) is 19.9. The molecule has 1 aliphatic heterocycles.